The van der Waals surface area contributed by atoms with Gasteiger partial charge >= 0.3 is 0 Å². The summed E-state index contributed by atoms with van der Waals surface area (Å²) in [5.41, 5.74) is 7.93. The van der Waals surface area contributed by atoms with Crippen LogP contribution in [0.4, 0.5) is 5.69 Å². The van der Waals surface area contributed by atoms with Crippen molar-refractivity contribution in [3.8, 4) is 33.9 Å². The van der Waals surface area contributed by atoms with E-state index in [1.165, 1.54) is 0 Å². The fourth-order valence-electron chi connectivity index (χ4n) is 3.86. The van der Waals surface area contributed by atoms with Crippen LogP contribution in [0.25, 0.3) is 55.8 Å². The van der Waals surface area contributed by atoms with E-state index in [1.807, 2.05) is 55.8 Å². The van der Waals surface area contributed by atoms with E-state index in [2.05, 4.69) is 41.2 Å². The number of aromatic amines is 2. The molecule has 6 aromatic heterocycles. The normalized spacial score (nSPS) is 11.3. The third kappa shape index (κ3) is 3.26. The molecule has 2 N–H and O–H groups in total. The first-order valence-corrected chi connectivity index (χ1v) is 10.4. The zero-order valence-corrected chi connectivity index (χ0v) is 18.0. The van der Waals surface area contributed by atoms with Crippen LogP contribution < -0.4 is 4.90 Å². The van der Waals surface area contributed by atoms with E-state index in [9.17, 15) is 0 Å². The van der Waals surface area contributed by atoms with Gasteiger partial charge in [0.1, 0.15) is 5.69 Å². The number of fused-ring (bicyclic) bond motifs is 2. The van der Waals surface area contributed by atoms with Gasteiger partial charge in [0.05, 0.1) is 46.5 Å². The molecule has 0 aliphatic heterocycles. The van der Waals surface area contributed by atoms with Gasteiger partial charge in [-0.25, -0.2) is 4.98 Å². The smallest absolute Gasteiger partial charge is 0.159 e. The summed E-state index contributed by atoms with van der Waals surface area (Å²) in [5, 5.41) is 8.52. The predicted octanol–water partition coefficient (Wildman–Crippen LogP) is 4.09. The molecule has 6 aromatic rings. The van der Waals surface area contributed by atoms with E-state index in [-0.39, 0.29) is 0 Å². The monoisotopic (exact) mass is 433 g/mol. The zero-order valence-electron chi connectivity index (χ0n) is 18.0. The van der Waals surface area contributed by atoms with Gasteiger partial charge in [-0.05, 0) is 29.8 Å². The number of nitrogens with zero attached hydrogens (tertiary/aromatic N) is 7. The predicted molar refractivity (Wildman–Crippen MR) is 128 cm³/mol. The topological polar surface area (TPSA) is 112 Å². The SMILES string of the molecule is CN(C)c1cncc(-c2cc3c(-c4nc5c(-c6ccncc6)cncc5[nH]4)n[nH]c3cn2)c1. The Balaban J connectivity index is 1.48. The first kappa shape index (κ1) is 19.1. The minimum Gasteiger partial charge on any atom is -0.376 e. The standard InChI is InChI=1S/C24H19N9/c1-33(2)16-7-15(9-26-10-16)19-8-17-20(13-28-19)31-32-23(17)24-29-21-12-27-11-18(22(21)30-24)14-3-5-25-6-4-14/h3-13H,1-2H3,(H,29,30)(H,31,32). The molecule has 0 radical (unpaired) electrons. The second kappa shape index (κ2) is 7.49. The highest BCUT2D eigenvalue weighted by Gasteiger charge is 2.16. The Morgan fingerprint density at radius 3 is 2.52 bits per heavy atom. The lowest BCUT2D eigenvalue weighted by atomic mass is 10.1. The number of hydrogen-bond acceptors (Lipinski definition) is 7. The fraction of sp³-hybridized carbons (Fsp3) is 0.0833. The van der Waals surface area contributed by atoms with Gasteiger partial charge < -0.3 is 9.88 Å². The third-order valence-corrected chi connectivity index (χ3v) is 5.59. The summed E-state index contributed by atoms with van der Waals surface area (Å²) in [7, 11) is 3.98. The van der Waals surface area contributed by atoms with E-state index in [0.29, 0.717) is 5.82 Å². The Morgan fingerprint density at radius 2 is 1.67 bits per heavy atom. The highest BCUT2D eigenvalue weighted by Crippen LogP contribution is 2.32. The molecule has 0 aliphatic carbocycles. The minimum absolute atomic E-state index is 0.664. The van der Waals surface area contributed by atoms with E-state index < -0.39 is 0 Å². The molecule has 9 heteroatoms. The van der Waals surface area contributed by atoms with Gasteiger partial charge in [-0.3, -0.25) is 25.0 Å². The van der Waals surface area contributed by atoms with Crippen molar-refractivity contribution in [3.05, 3.63) is 67.6 Å². The molecule has 0 amide bonds. The first-order chi connectivity index (χ1) is 16.2. The number of imidazole rings is 1. The molecule has 160 valence electrons. The Kier molecular flexibility index (Phi) is 4.32. The van der Waals surface area contributed by atoms with E-state index in [1.54, 1.807) is 24.8 Å². The van der Waals surface area contributed by atoms with Crippen LogP contribution in [0.15, 0.2) is 67.6 Å². The van der Waals surface area contributed by atoms with Crippen molar-refractivity contribution >= 4 is 27.6 Å². The Labute approximate surface area is 188 Å². The van der Waals surface area contributed by atoms with Crippen LogP contribution >= 0.6 is 0 Å². The number of hydrogen-bond donors (Lipinski definition) is 2. The molecular weight excluding hydrogens is 414 g/mol. The lowest BCUT2D eigenvalue weighted by molar-refractivity contribution is 1.10. The Morgan fingerprint density at radius 1 is 0.818 bits per heavy atom. The maximum atomic E-state index is 4.88. The maximum absolute atomic E-state index is 4.88. The molecular formula is C24H19N9. The molecule has 0 atom stereocenters. The van der Waals surface area contributed by atoms with Gasteiger partial charge in [0, 0.05) is 55.4 Å². The summed E-state index contributed by atoms with van der Waals surface area (Å²) in [4.78, 5) is 27.7. The molecule has 0 saturated carbocycles. The van der Waals surface area contributed by atoms with Crippen molar-refractivity contribution in [3.63, 3.8) is 0 Å². The number of anilines is 1. The lowest BCUT2D eigenvalue weighted by Crippen LogP contribution is -2.08. The average molecular weight is 433 g/mol. The number of pyridine rings is 4. The highest BCUT2D eigenvalue weighted by molar-refractivity contribution is 5.97. The summed E-state index contributed by atoms with van der Waals surface area (Å²) in [5.74, 6) is 0.664. The quantitative estimate of drug-likeness (QED) is 0.431. The summed E-state index contributed by atoms with van der Waals surface area (Å²) in [6, 6.07) is 7.97. The van der Waals surface area contributed by atoms with Gasteiger partial charge in [0.25, 0.3) is 0 Å². The van der Waals surface area contributed by atoms with E-state index in [0.717, 1.165) is 55.7 Å². The molecule has 0 aromatic carbocycles. The largest absolute Gasteiger partial charge is 0.376 e. The van der Waals surface area contributed by atoms with Crippen LogP contribution in [0.1, 0.15) is 0 Å². The average Bonchev–Trinajstić information content (AvgIpc) is 3.48. The van der Waals surface area contributed by atoms with Gasteiger partial charge in [0.2, 0.25) is 0 Å². The van der Waals surface area contributed by atoms with Crippen molar-refractivity contribution in [1.29, 1.82) is 0 Å². The first-order valence-electron chi connectivity index (χ1n) is 10.4. The second-order valence-corrected chi connectivity index (χ2v) is 7.92. The molecule has 0 unspecified atom stereocenters. The van der Waals surface area contributed by atoms with Crippen LogP contribution in [0.2, 0.25) is 0 Å². The van der Waals surface area contributed by atoms with Crippen LogP contribution in [-0.4, -0.2) is 54.2 Å². The van der Waals surface area contributed by atoms with Gasteiger partial charge in [-0.15, -0.1) is 0 Å². The van der Waals surface area contributed by atoms with Gasteiger partial charge in [-0.2, -0.15) is 5.10 Å². The second-order valence-electron chi connectivity index (χ2n) is 7.92. The van der Waals surface area contributed by atoms with E-state index in [4.69, 9.17) is 4.98 Å². The highest BCUT2D eigenvalue weighted by atomic mass is 15.1. The molecule has 33 heavy (non-hydrogen) atoms. The summed E-state index contributed by atoms with van der Waals surface area (Å²) in [6.45, 7) is 0. The molecule has 0 saturated heterocycles. The number of aromatic nitrogens is 8. The van der Waals surface area contributed by atoms with Crippen molar-refractivity contribution < 1.29 is 0 Å². The van der Waals surface area contributed by atoms with Crippen molar-refractivity contribution in [2.75, 3.05) is 19.0 Å². The molecule has 0 fully saturated rings. The molecule has 6 heterocycles. The van der Waals surface area contributed by atoms with Crippen LogP contribution in [0.5, 0.6) is 0 Å². The molecule has 0 bridgehead atoms. The number of rotatable bonds is 4. The van der Waals surface area contributed by atoms with Gasteiger partial charge in [0.15, 0.2) is 5.82 Å². The van der Waals surface area contributed by atoms with Crippen LogP contribution in [-0.2, 0) is 0 Å². The van der Waals surface area contributed by atoms with Crippen LogP contribution in [0, 0.1) is 0 Å². The third-order valence-electron chi connectivity index (χ3n) is 5.59. The van der Waals surface area contributed by atoms with Crippen molar-refractivity contribution in [2.45, 2.75) is 0 Å². The maximum Gasteiger partial charge on any atom is 0.159 e. The lowest BCUT2D eigenvalue weighted by Gasteiger charge is -2.12. The molecule has 0 spiro atoms. The Hall–Kier alpha value is -4.66. The Bertz CT molecular complexity index is 1600. The van der Waals surface area contributed by atoms with Crippen molar-refractivity contribution in [1.82, 2.24) is 40.1 Å². The van der Waals surface area contributed by atoms with Crippen molar-refractivity contribution in [2.24, 2.45) is 0 Å². The molecule has 6 rings (SSSR count). The number of nitrogens with one attached hydrogen (secondary N) is 2. The van der Waals surface area contributed by atoms with Crippen LogP contribution in [0.3, 0.4) is 0 Å². The summed E-state index contributed by atoms with van der Waals surface area (Å²) < 4.78 is 0. The number of H-pyrrole nitrogens is 2. The molecule has 0 aliphatic rings. The zero-order chi connectivity index (χ0) is 22.4. The fourth-order valence-corrected chi connectivity index (χ4v) is 3.86. The van der Waals surface area contributed by atoms with E-state index >= 15 is 0 Å². The van der Waals surface area contributed by atoms with Gasteiger partial charge in [-0.1, -0.05) is 0 Å². The minimum atomic E-state index is 0.664. The summed E-state index contributed by atoms with van der Waals surface area (Å²) in [6.07, 6.45) is 12.5. The summed E-state index contributed by atoms with van der Waals surface area (Å²) >= 11 is 0. The molecule has 9 nitrogen and oxygen atoms in total.